The lowest BCUT2D eigenvalue weighted by atomic mass is 9.88. The normalized spacial score (nSPS) is 15.0. The standard InChI is InChI=1S/C9H15B/c1-3-5-7-9(8-10)6-4-2/h3-6,9H,7-8H2,1-2H3/b5-3-,6-4-. The Bertz CT molecular complexity index is 114. The molecule has 0 saturated heterocycles. The van der Waals surface area contributed by atoms with E-state index in [1.165, 1.54) is 0 Å². The number of allylic oxidation sites excluding steroid dienone is 4. The van der Waals surface area contributed by atoms with Crippen LogP contribution in [0.25, 0.3) is 0 Å². The van der Waals surface area contributed by atoms with Crippen LogP contribution in [-0.2, 0) is 0 Å². The van der Waals surface area contributed by atoms with Gasteiger partial charge in [0.1, 0.15) is 0 Å². The van der Waals surface area contributed by atoms with Crippen LogP contribution in [0.3, 0.4) is 0 Å². The third kappa shape index (κ3) is 4.43. The summed E-state index contributed by atoms with van der Waals surface area (Å²) in [5.41, 5.74) is 0. The van der Waals surface area contributed by atoms with E-state index in [0.29, 0.717) is 5.92 Å². The van der Waals surface area contributed by atoms with Crippen LogP contribution in [0.15, 0.2) is 24.3 Å². The first-order valence-corrected chi connectivity index (χ1v) is 3.79. The molecule has 0 spiro atoms. The molecule has 0 aliphatic carbocycles. The van der Waals surface area contributed by atoms with Gasteiger partial charge in [-0.1, -0.05) is 30.6 Å². The fourth-order valence-electron chi connectivity index (χ4n) is 0.836. The fourth-order valence-corrected chi connectivity index (χ4v) is 0.836. The van der Waals surface area contributed by atoms with E-state index >= 15 is 0 Å². The topological polar surface area (TPSA) is 0 Å². The van der Waals surface area contributed by atoms with Gasteiger partial charge in [-0.3, -0.25) is 0 Å². The van der Waals surface area contributed by atoms with Gasteiger partial charge in [0, 0.05) is 0 Å². The predicted octanol–water partition coefficient (Wildman–Crippen LogP) is 2.73. The highest BCUT2D eigenvalue weighted by molar-refractivity contribution is 6.08. The average molecular weight is 134 g/mol. The maximum Gasteiger partial charge on any atom is 0.0661 e. The van der Waals surface area contributed by atoms with Crippen molar-refractivity contribution in [3.05, 3.63) is 24.3 Å². The second-order valence-corrected chi connectivity index (χ2v) is 2.33. The van der Waals surface area contributed by atoms with Crippen molar-refractivity contribution in [2.24, 2.45) is 5.92 Å². The van der Waals surface area contributed by atoms with Gasteiger partial charge in [-0.25, -0.2) is 0 Å². The lowest BCUT2D eigenvalue weighted by molar-refractivity contribution is 0.741. The predicted molar refractivity (Wildman–Crippen MR) is 48.3 cm³/mol. The van der Waals surface area contributed by atoms with Gasteiger partial charge < -0.3 is 0 Å². The second kappa shape index (κ2) is 6.66. The van der Waals surface area contributed by atoms with Crippen LogP contribution in [0.1, 0.15) is 20.3 Å². The van der Waals surface area contributed by atoms with E-state index in [2.05, 4.69) is 24.3 Å². The maximum atomic E-state index is 5.51. The Morgan fingerprint density at radius 2 is 2.00 bits per heavy atom. The molecule has 0 aromatic heterocycles. The Hall–Kier alpha value is -0.455. The fraction of sp³-hybridized carbons (Fsp3) is 0.556. The largest absolute Gasteiger partial charge is 0.0916 e. The van der Waals surface area contributed by atoms with Crippen LogP contribution in [0, 0.1) is 5.92 Å². The minimum absolute atomic E-state index is 0.529. The number of hydrogen-bond acceptors (Lipinski definition) is 0. The van der Waals surface area contributed by atoms with Crippen LogP contribution in [0.4, 0.5) is 0 Å². The SMILES string of the molecule is [B]CC(/C=C\C)C/C=C\C. The zero-order valence-corrected chi connectivity index (χ0v) is 6.88. The molecule has 0 aliphatic rings. The Balaban J connectivity index is 3.60. The molecule has 1 unspecified atom stereocenters. The van der Waals surface area contributed by atoms with Crippen molar-refractivity contribution in [3.63, 3.8) is 0 Å². The zero-order valence-electron chi connectivity index (χ0n) is 6.88. The molecule has 0 rings (SSSR count). The molecule has 0 N–H and O–H groups in total. The smallest absolute Gasteiger partial charge is 0.0661 e. The molecular weight excluding hydrogens is 119 g/mol. The van der Waals surface area contributed by atoms with Gasteiger partial charge in [0.25, 0.3) is 0 Å². The van der Waals surface area contributed by atoms with E-state index in [9.17, 15) is 0 Å². The zero-order chi connectivity index (χ0) is 7.82. The van der Waals surface area contributed by atoms with Gasteiger partial charge in [0.2, 0.25) is 0 Å². The first kappa shape index (κ1) is 9.54. The Morgan fingerprint density at radius 1 is 1.30 bits per heavy atom. The van der Waals surface area contributed by atoms with Crippen molar-refractivity contribution in [3.8, 4) is 0 Å². The van der Waals surface area contributed by atoms with Crippen molar-refractivity contribution in [2.45, 2.75) is 26.6 Å². The average Bonchev–Trinajstić information content (AvgIpc) is 1.98. The molecule has 0 aromatic rings. The molecule has 54 valence electrons. The van der Waals surface area contributed by atoms with Gasteiger partial charge in [-0.05, 0) is 26.2 Å². The highest BCUT2D eigenvalue weighted by atomic mass is 14.0. The molecule has 0 heterocycles. The van der Waals surface area contributed by atoms with Crippen LogP contribution < -0.4 is 0 Å². The third-order valence-electron chi connectivity index (χ3n) is 1.44. The summed E-state index contributed by atoms with van der Waals surface area (Å²) in [6, 6.07) is 0. The molecule has 0 amide bonds. The summed E-state index contributed by atoms with van der Waals surface area (Å²) in [6.45, 7) is 4.06. The van der Waals surface area contributed by atoms with Gasteiger partial charge in [-0.2, -0.15) is 0 Å². The summed E-state index contributed by atoms with van der Waals surface area (Å²) in [6.07, 6.45) is 10.2. The molecule has 10 heavy (non-hydrogen) atoms. The molecule has 1 atom stereocenters. The highest BCUT2D eigenvalue weighted by Gasteiger charge is 1.95. The lowest BCUT2D eigenvalue weighted by Gasteiger charge is -2.04. The van der Waals surface area contributed by atoms with Gasteiger partial charge in [-0.15, -0.1) is 0 Å². The van der Waals surface area contributed by atoms with E-state index in [0.717, 1.165) is 12.7 Å². The van der Waals surface area contributed by atoms with Gasteiger partial charge in [0.05, 0.1) is 7.85 Å². The third-order valence-corrected chi connectivity index (χ3v) is 1.44. The van der Waals surface area contributed by atoms with E-state index in [1.54, 1.807) is 0 Å². The molecule has 0 bridgehead atoms. The van der Waals surface area contributed by atoms with E-state index in [4.69, 9.17) is 7.85 Å². The molecule has 0 saturated carbocycles. The number of hydrogen-bond donors (Lipinski definition) is 0. The summed E-state index contributed by atoms with van der Waals surface area (Å²) < 4.78 is 0. The van der Waals surface area contributed by atoms with Crippen LogP contribution in [-0.4, -0.2) is 7.85 Å². The van der Waals surface area contributed by atoms with Crippen LogP contribution >= 0.6 is 0 Å². The van der Waals surface area contributed by atoms with Gasteiger partial charge in [0.15, 0.2) is 0 Å². The Kier molecular flexibility index (Phi) is 6.36. The molecule has 0 aromatic carbocycles. The maximum absolute atomic E-state index is 5.51. The second-order valence-electron chi connectivity index (χ2n) is 2.33. The summed E-state index contributed by atoms with van der Waals surface area (Å²) in [5.74, 6) is 0.529. The van der Waals surface area contributed by atoms with Crippen molar-refractivity contribution in [1.29, 1.82) is 0 Å². The van der Waals surface area contributed by atoms with Crippen LogP contribution in [0.2, 0.25) is 6.32 Å². The van der Waals surface area contributed by atoms with Gasteiger partial charge >= 0.3 is 0 Å². The highest BCUT2D eigenvalue weighted by Crippen LogP contribution is 2.09. The first-order chi connectivity index (χ1) is 4.85. The monoisotopic (exact) mass is 134 g/mol. The van der Waals surface area contributed by atoms with Crippen molar-refractivity contribution in [2.75, 3.05) is 0 Å². The van der Waals surface area contributed by atoms with E-state index < -0.39 is 0 Å². The van der Waals surface area contributed by atoms with Crippen LogP contribution in [0.5, 0.6) is 0 Å². The Morgan fingerprint density at radius 3 is 2.40 bits per heavy atom. The lowest BCUT2D eigenvalue weighted by Crippen LogP contribution is -1.92. The first-order valence-electron chi connectivity index (χ1n) is 3.79. The molecular formula is C9H15B. The Labute approximate surface area is 65.4 Å². The summed E-state index contributed by atoms with van der Waals surface area (Å²) in [4.78, 5) is 0. The molecule has 0 nitrogen and oxygen atoms in total. The van der Waals surface area contributed by atoms with E-state index in [-0.39, 0.29) is 0 Å². The number of rotatable bonds is 4. The minimum atomic E-state index is 0.529. The van der Waals surface area contributed by atoms with Crippen molar-refractivity contribution >= 4 is 7.85 Å². The summed E-state index contributed by atoms with van der Waals surface area (Å²) in [7, 11) is 5.51. The van der Waals surface area contributed by atoms with Crippen molar-refractivity contribution in [1.82, 2.24) is 0 Å². The molecule has 0 aliphatic heterocycles. The van der Waals surface area contributed by atoms with E-state index in [1.807, 2.05) is 13.8 Å². The summed E-state index contributed by atoms with van der Waals surface area (Å²) in [5, 5.41) is 0. The minimum Gasteiger partial charge on any atom is -0.0916 e. The quantitative estimate of drug-likeness (QED) is 0.409. The van der Waals surface area contributed by atoms with Crippen molar-refractivity contribution < 1.29 is 0 Å². The molecule has 2 radical (unpaired) electrons. The summed E-state index contributed by atoms with van der Waals surface area (Å²) >= 11 is 0. The molecule has 1 heteroatoms. The molecule has 0 fully saturated rings.